The van der Waals surface area contributed by atoms with Gasteiger partial charge in [0.15, 0.2) is 0 Å². The number of anilines is 2. The second-order valence-corrected chi connectivity index (χ2v) is 5.19. The molecule has 0 radical (unpaired) electrons. The monoisotopic (exact) mass is 285 g/mol. The Morgan fingerprint density at radius 3 is 2.81 bits per heavy atom. The number of nitrogens with two attached hydrogens (primary N) is 2. The SMILES string of the molecule is NC(=O)c1ccc(CN2CCc3c(N)cccc32)c(F)c1. The van der Waals surface area contributed by atoms with Crippen LogP contribution in [0.3, 0.4) is 0 Å². The number of nitrogens with zero attached hydrogens (tertiary/aromatic N) is 1. The van der Waals surface area contributed by atoms with Crippen LogP contribution in [0.25, 0.3) is 0 Å². The Kier molecular flexibility index (Phi) is 3.25. The van der Waals surface area contributed by atoms with E-state index in [2.05, 4.69) is 4.90 Å². The number of primary amides is 1. The summed E-state index contributed by atoms with van der Waals surface area (Å²) in [5.74, 6) is -1.04. The second-order valence-electron chi connectivity index (χ2n) is 5.19. The number of fused-ring (bicyclic) bond motifs is 1. The summed E-state index contributed by atoms with van der Waals surface area (Å²) in [6.07, 6.45) is 0.864. The number of carbonyl (C=O) groups is 1. The lowest BCUT2D eigenvalue weighted by Gasteiger charge is -2.20. The summed E-state index contributed by atoms with van der Waals surface area (Å²) in [7, 11) is 0. The van der Waals surface area contributed by atoms with E-state index in [-0.39, 0.29) is 5.56 Å². The van der Waals surface area contributed by atoms with Crippen LogP contribution in [0.1, 0.15) is 21.5 Å². The van der Waals surface area contributed by atoms with Gasteiger partial charge < -0.3 is 16.4 Å². The van der Waals surface area contributed by atoms with Gasteiger partial charge in [-0.3, -0.25) is 4.79 Å². The lowest BCUT2D eigenvalue weighted by molar-refractivity contribution is 0.1000. The van der Waals surface area contributed by atoms with Crippen molar-refractivity contribution in [3.8, 4) is 0 Å². The molecule has 0 saturated heterocycles. The quantitative estimate of drug-likeness (QED) is 0.848. The minimum atomic E-state index is -0.625. The number of hydrogen-bond donors (Lipinski definition) is 2. The van der Waals surface area contributed by atoms with Gasteiger partial charge in [-0.15, -0.1) is 0 Å². The zero-order chi connectivity index (χ0) is 15.0. The van der Waals surface area contributed by atoms with Crippen molar-refractivity contribution >= 4 is 17.3 Å². The first-order chi connectivity index (χ1) is 10.1. The molecule has 1 amide bonds. The molecule has 5 heteroatoms. The number of hydrogen-bond acceptors (Lipinski definition) is 3. The van der Waals surface area contributed by atoms with Crippen molar-refractivity contribution in [1.82, 2.24) is 0 Å². The van der Waals surface area contributed by atoms with Crippen molar-refractivity contribution in [2.75, 3.05) is 17.2 Å². The Morgan fingerprint density at radius 2 is 2.10 bits per heavy atom. The number of rotatable bonds is 3. The third-order valence-corrected chi connectivity index (χ3v) is 3.86. The van der Waals surface area contributed by atoms with Crippen molar-refractivity contribution in [3.63, 3.8) is 0 Å². The van der Waals surface area contributed by atoms with Crippen LogP contribution in [0.4, 0.5) is 15.8 Å². The number of halogens is 1. The van der Waals surface area contributed by atoms with E-state index in [0.717, 1.165) is 29.9 Å². The van der Waals surface area contributed by atoms with Gasteiger partial charge in [0.1, 0.15) is 5.82 Å². The molecule has 0 aliphatic carbocycles. The molecule has 0 bridgehead atoms. The zero-order valence-corrected chi connectivity index (χ0v) is 11.5. The van der Waals surface area contributed by atoms with Crippen LogP contribution in [-0.4, -0.2) is 12.5 Å². The minimum Gasteiger partial charge on any atom is -0.398 e. The first-order valence-electron chi connectivity index (χ1n) is 6.77. The molecule has 0 saturated carbocycles. The Bertz CT molecular complexity index is 715. The lowest BCUT2D eigenvalue weighted by Crippen LogP contribution is -2.20. The predicted octanol–water partition coefficient (Wildman–Crippen LogP) is 2.07. The van der Waals surface area contributed by atoms with Gasteiger partial charge >= 0.3 is 0 Å². The summed E-state index contributed by atoms with van der Waals surface area (Å²) in [6, 6.07) is 10.1. The van der Waals surface area contributed by atoms with Crippen LogP contribution in [0.15, 0.2) is 36.4 Å². The van der Waals surface area contributed by atoms with Gasteiger partial charge in [0.05, 0.1) is 0 Å². The van der Waals surface area contributed by atoms with Crippen molar-refractivity contribution in [3.05, 3.63) is 58.9 Å². The van der Waals surface area contributed by atoms with Crippen LogP contribution in [0.2, 0.25) is 0 Å². The Balaban J connectivity index is 1.86. The first kappa shape index (κ1) is 13.4. The topological polar surface area (TPSA) is 72.4 Å². The fourth-order valence-electron chi connectivity index (χ4n) is 2.73. The van der Waals surface area contributed by atoms with E-state index in [0.29, 0.717) is 12.1 Å². The second kappa shape index (κ2) is 5.09. The molecule has 0 fully saturated rings. The highest BCUT2D eigenvalue weighted by Crippen LogP contribution is 2.33. The Morgan fingerprint density at radius 1 is 1.29 bits per heavy atom. The highest BCUT2D eigenvalue weighted by molar-refractivity contribution is 5.92. The van der Waals surface area contributed by atoms with E-state index in [9.17, 15) is 9.18 Å². The van der Waals surface area contributed by atoms with Gasteiger partial charge in [-0.05, 0) is 30.7 Å². The molecule has 0 atom stereocenters. The van der Waals surface area contributed by atoms with Crippen LogP contribution < -0.4 is 16.4 Å². The van der Waals surface area contributed by atoms with Gasteiger partial charge in [0.25, 0.3) is 0 Å². The summed E-state index contributed by atoms with van der Waals surface area (Å²) < 4.78 is 14.1. The third-order valence-electron chi connectivity index (χ3n) is 3.86. The molecule has 0 spiro atoms. The van der Waals surface area contributed by atoms with Crippen molar-refractivity contribution in [2.45, 2.75) is 13.0 Å². The molecule has 1 heterocycles. The summed E-state index contributed by atoms with van der Waals surface area (Å²) in [4.78, 5) is 13.1. The Labute approximate surface area is 122 Å². The molecular weight excluding hydrogens is 269 g/mol. The molecule has 1 aliphatic rings. The van der Waals surface area contributed by atoms with Crippen molar-refractivity contribution in [2.24, 2.45) is 5.73 Å². The lowest BCUT2D eigenvalue weighted by atomic mass is 10.1. The van der Waals surface area contributed by atoms with Crippen molar-refractivity contribution in [1.29, 1.82) is 0 Å². The summed E-state index contributed by atoms with van der Waals surface area (Å²) >= 11 is 0. The van der Waals surface area contributed by atoms with E-state index in [1.165, 1.54) is 6.07 Å². The number of nitrogen functional groups attached to an aromatic ring is 1. The maximum atomic E-state index is 14.1. The summed E-state index contributed by atoms with van der Waals surface area (Å²) in [5.41, 5.74) is 14.8. The fraction of sp³-hybridized carbons (Fsp3) is 0.188. The highest BCUT2D eigenvalue weighted by Gasteiger charge is 2.21. The number of amides is 1. The van der Waals surface area contributed by atoms with Gasteiger partial charge in [-0.25, -0.2) is 4.39 Å². The molecule has 108 valence electrons. The van der Waals surface area contributed by atoms with Crippen LogP contribution in [0, 0.1) is 5.82 Å². The largest absolute Gasteiger partial charge is 0.398 e. The van der Waals surface area contributed by atoms with E-state index >= 15 is 0 Å². The average Bonchev–Trinajstić information content (AvgIpc) is 2.85. The van der Waals surface area contributed by atoms with Crippen LogP contribution in [-0.2, 0) is 13.0 Å². The maximum Gasteiger partial charge on any atom is 0.248 e. The standard InChI is InChI=1S/C16H16FN3O/c17-13-8-10(16(19)21)4-5-11(13)9-20-7-6-12-14(18)2-1-3-15(12)20/h1-5,8H,6-7,9,18H2,(H2,19,21). The van der Waals surface area contributed by atoms with E-state index in [1.54, 1.807) is 12.1 Å². The highest BCUT2D eigenvalue weighted by atomic mass is 19.1. The molecule has 2 aromatic rings. The fourth-order valence-corrected chi connectivity index (χ4v) is 2.73. The first-order valence-corrected chi connectivity index (χ1v) is 6.77. The van der Waals surface area contributed by atoms with Crippen molar-refractivity contribution < 1.29 is 9.18 Å². The maximum absolute atomic E-state index is 14.1. The Hall–Kier alpha value is -2.56. The molecular formula is C16H16FN3O. The van der Waals surface area contributed by atoms with Gasteiger partial charge in [0.2, 0.25) is 5.91 Å². The normalized spacial score (nSPS) is 13.3. The molecule has 4 nitrogen and oxygen atoms in total. The number of benzene rings is 2. The van der Waals surface area contributed by atoms with Crippen LogP contribution in [0.5, 0.6) is 0 Å². The average molecular weight is 285 g/mol. The van der Waals surface area contributed by atoms with Gasteiger partial charge in [-0.2, -0.15) is 0 Å². The molecule has 2 aromatic carbocycles. The zero-order valence-electron chi connectivity index (χ0n) is 11.5. The molecule has 21 heavy (non-hydrogen) atoms. The summed E-state index contributed by atoms with van der Waals surface area (Å²) in [5, 5.41) is 0. The summed E-state index contributed by atoms with van der Waals surface area (Å²) in [6.45, 7) is 1.25. The van der Waals surface area contributed by atoms with E-state index < -0.39 is 11.7 Å². The minimum absolute atomic E-state index is 0.183. The molecule has 0 aromatic heterocycles. The molecule has 0 unspecified atom stereocenters. The van der Waals surface area contributed by atoms with E-state index in [1.807, 2.05) is 18.2 Å². The van der Waals surface area contributed by atoms with E-state index in [4.69, 9.17) is 11.5 Å². The predicted molar refractivity (Wildman–Crippen MR) is 80.5 cm³/mol. The van der Waals surface area contributed by atoms with Gasteiger partial charge in [-0.1, -0.05) is 12.1 Å². The molecule has 4 N–H and O–H groups in total. The number of carbonyl (C=O) groups excluding carboxylic acids is 1. The van der Waals surface area contributed by atoms with Gasteiger partial charge in [0, 0.05) is 41.2 Å². The smallest absolute Gasteiger partial charge is 0.248 e. The molecule has 1 aliphatic heterocycles. The third kappa shape index (κ3) is 2.42. The molecule has 3 rings (SSSR count). The van der Waals surface area contributed by atoms with Crippen LogP contribution >= 0.6 is 0 Å².